The molecule has 1 nitrogen and oxygen atoms in total. The SMILES string of the molecule is CC(C)(C#N)CCSc1cccc(Cl)c1. The number of nitriles is 1. The van der Waals surface area contributed by atoms with Gasteiger partial charge in [-0.1, -0.05) is 17.7 Å². The maximum Gasteiger partial charge on any atom is 0.0684 e. The fourth-order valence-corrected chi connectivity index (χ4v) is 2.52. The molecule has 0 fully saturated rings. The number of rotatable bonds is 4. The first-order chi connectivity index (χ1) is 7.03. The van der Waals surface area contributed by atoms with Crippen LogP contribution in [0.3, 0.4) is 0 Å². The molecule has 0 aromatic heterocycles. The highest BCUT2D eigenvalue weighted by Crippen LogP contribution is 2.27. The van der Waals surface area contributed by atoms with Crippen molar-refractivity contribution in [2.75, 3.05) is 5.75 Å². The Morgan fingerprint density at radius 2 is 2.20 bits per heavy atom. The molecule has 1 aromatic rings. The average molecular weight is 240 g/mol. The largest absolute Gasteiger partial charge is 0.198 e. The van der Waals surface area contributed by atoms with E-state index in [2.05, 4.69) is 6.07 Å². The minimum Gasteiger partial charge on any atom is -0.198 e. The summed E-state index contributed by atoms with van der Waals surface area (Å²) < 4.78 is 0. The van der Waals surface area contributed by atoms with Crippen molar-refractivity contribution >= 4 is 23.4 Å². The zero-order valence-electron chi connectivity index (χ0n) is 8.96. The number of thioether (sulfide) groups is 1. The Morgan fingerprint density at radius 3 is 2.80 bits per heavy atom. The van der Waals surface area contributed by atoms with E-state index in [1.165, 1.54) is 0 Å². The number of hydrogen-bond acceptors (Lipinski definition) is 2. The summed E-state index contributed by atoms with van der Waals surface area (Å²) in [5.74, 6) is 0.945. The second kappa shape index (κ2) is 5.44. The van der Waals surface area contributed by atoms with Crippen molar-refractivity contribution in [3.8, 4) is 6.07 Å². The number of benzene rings is 1. The van der Waals surface area contributed by atoms with E-state index in [0.29, 0.717) is 0 Å². The molecule has 0 unspecified atom stereocenters. The molecule has 0 saturated heterocycles. The molecule has 0 aliphatic heterocycles. The zero-order valence-corrected chi connectivity index (χ0v) is 10.5. The maximum absolute atomic E-state index is 8.85. The van der Waals surface area contributed by atoms with E-state index in [1.54, 1.807) is 11.8 Å². The van der Waals surface area contributed by atoms with Gasteiger partial charge in [0.25, 0.3) is 0 Å². The van der Waals surface area contributed by atoms with Crippen molar-refractivity contribution in [1.29, 1.82) is 5.26 Å². The predicted octanol–water partition coefficient (Wildman–Crippen LogP) is 4.37. The molecule has 15 heavy (non-hydrogen) atoms. The highest BCUT2D eigenvalue weighted by Gasteiger charge is 2.15. The summed E-state index contributed by atoms with van der Waals surface area (Å²) in [6.45, 7) is 3.93. The number of halogens is 1. The molecule has 0 aliphatic rings. The topological polar surface area (TPSA) is 23.8 Å². The lowest BCUT2D eigenvalue weighted by atomic mass is 9.93. The molecule has 0 aliphatic carbocycles. The third-order valence-electron chi connectivity index (χ3n) is 2.09. The van der Waals surface area contributed by atoms with Gasteiger partial charge >= 0.3 is 0 Å². The molecule has 1 aromatic carbocycles. The summed E-state index contributed by atoms with van der Waals surface area (Å²) in [4.78, 5) is 1.16. The van der Waals surface area contributed by atoms with E-state index in [0.717, 1.165) is 22.1 Å². The molecule has 0 bridgehead atoms. The third kappa shape index (κ3) is 4.59. The molecule has 0 atom stereocenters. The second-order valence-corrected chi connectivity index (χ2v) is 5.66. The minimum atomic E-state index is -0.231. The highest BCUT2D eigenvalue weighted by molar-refractivity contribution is 7.99. The van der Waals surface area contributed by atoms with Crippen LogP contribution in [0, 0.1) is 16.7 Å². The highest BCUT2D eigenvalue weighted by atomic mass is 35.5. The van der Waals surface area contributed by atoms with Gasteiger partial charge in [0.15, 0.2) is 0 Å². The monoisotopic (exact) mass is 239 g/mol. The lowest BCUT2D eigenvalue weighted by Crippen LogP contribution is -2.08. The summed E-state index contributed by atoms with van der Waals surface area (Å²) in [7, 11) is 0. The molecule has 0 amide bonds. The first kappa shape index (κ1) is 12.4. The Kier molecular flexibility index (Phi) is 4.50. The summed E-state index contributed by atoms with van der Waals surface area (Å²) in [5.41, 5.74) is -0.231. The predicted molar refractivity (Wildman–Crippen MR) is 66.2 cm³/mol. The molecule has 0 heterocycles. The molecule has 3 heteroatoms. The van der Waals surface area contributed by atoms with Gasteiger partial charge < -0.3 is 0 Å². The van der Waals surface area contributed by atoms with Gasteiger partial charge in [0.1, 0.15) is 0 Å². The van der Waals surface area contributed by atoms with Crippen LogP contribution >= 0.6 is 23.4 Å². The fraction of sp³-hybridized carbons (Fsp3) is 0.417. The summed E-state index contributed by atoms with van der Waals surface area (Å²) in [5, 5.41) is 9.62. The first-order valence-electron chi connectivity index (χ1n) is 4.83. The summed E-state index contributed by atoms with van der Waals surface area (Å²) in [6, 6.07) is 10.1. The first-order valence-corrected chi connectivity index (χ1v) is 6.19. The van der Waals surface area contributed by atoms with Crippen molar-refractivity contribution in [3.63, 3.8) is 0 Å². The van der Waals surface area contributed by atoms with Crippen LogP contribution in [-0.2, 0) is 0 Å². The molecular weight excluding hydrogens is 226 g/mol. The quantitative estimate of drug-likeness (QED) is 0.729. The minimum absolute atomic E-state index is 0.231. The average Bonchev–Trinajstić information content (AvgIpc) is 2.18. The van der Waals surface area contributed by atoms with Gasteiger partial charge in [0.2, 0.25) is 0 Å². The standard InChI is InChI=1S/C12H14ClNS/c1-12(2,9-14)6-7-15-11-5-3-4-10(13)8-11/h3-5,8H,6-7H2,1-2H3. The fourth-order valence-electron chi connectivity index (χ4n) is 1.04. The van der Waals surface area contributed by atoms with Crippen LogP contribution in [0.2, 0.25) is 5.02 Å². The molecule has 0 N–H and O–H groups in total. The van der Waals surface area contributed by atoms with Crippen LogP contribution in [0.1, 0.15) is 20.3 Å². The van der Waals surface area contributed by atoms with Crippen molar-refractivity contribution in [2.24, 2.45) is 5.41 Å². The molecule has 0 radical (unpaired) electrons. The van der Waals surface area contributed by atoms with Gasteiger partial charge in [0, 0.05) is 9.92 Å². The smallest absolute Gasteiger partial charge is 0.0684 e. The molecule has 80 valence electrons. The Balaban J connectivity index is 2.42. The van der Waals surface area contributed by atoms with E-state index in [-0.39, 0.29) is 5.41 Å². The Hall–Kier alpha value is -0.650. The summed E-state index contributed by atoms with van der Waals surface area (Å²) in [6.07, 6.45) is 0.890. The third-order valence-corrected chi connectivity index (χ3v) is 3.33. The molecule has 0 spiro atoms. The Bertz CT molecular complexity index is 368. The van der Waals surface area contributed by atoms with E-state index in [4.69, 9.17) is 16.9 Å². The van der Waals surface area contributed by atoms with Crippen molar-refractivity contribution < 1.29 is 0 Å². The lowest BCUT2D eigenvalue weighted by molar-refractivity contribution is 0.482. The second-order valence-electron chi connectivity index (χ2n) is 4.05. The number of hydrogen-bond donors (Lipinski definition) is 0. The van der Waals surface area contributed by atoms with Crippen molar-refractivity contribution in [1.82, 2.24) is 0 Å². The molecular formula is C12H14ClNS. The number of nitrogens with zero attached hydrogens (tertiary/aromatic N) is 1. The lowest BCUT2D eigenvalue weighted by Gasteiger charge is -2.13. The summed E-state index contributed by atoms with van der Waals surface area (Å²) >= 11 is 7.62. The van der Waals surface area contributed by atoms with Gasteiger partial charge in [-0.2, -0.15) is 5.26 Å². The van der Waals surface area contributed by atoms with Crippen LogP contribution in [0.25, 0.3) is 0 Å². The van der Waals surface area contributed by atoms with Gasteiger partial charge in [-0.05, 0) is 44.2 Å². The Morgan fingerprint density at radius 1 is 1.47 bits per heavy atom. The zero-order chi connectivity index (χ0) is 11.3. The Labute approximate surface area is 100 Å². The van der Waals surface area contributed by atoms with Crippen LogP contribution in [0.15, 0.2) is 29.2 Å². The maximum atomic E-state index is 8.85. The van der Waals surface area contributed by atoms with Crippen LogP contribution in [0.4, 0.5) is 0 Å². The van der Waals surface area contributed by atoms with E-state index < -0.39 is 0 Å². The van der Waals surface area contributed by atoms with E-state index in [1.807, 2.05) is 38.1 Å². The molecule has 1 rings (SSSR count). The van der Waals surface area contributed by atoms with Gasteiger partial charge in [-0.15, -0.1) is 11.8 Å². The van der Waals surface area contributed by atoms with Gasteiger partial charge in [0.05, 0.1) is 11.5 Å². The van der Waals surface area contributed by atoms with Crippen molar-refractivity contribution in [3.05, 3.63) is 29.3 Å². The van der Waals surface area contributed by atoms with Gasteiger partial charge in [-0.25, -0.2) is 0 Å². The van der Waals surface area contributed by atoms with E-state index >= 15 is 0 Å². The van der Waals surface area contributed by atoms with E-state index in [9.17, 15) is 0 Å². The molecule has 0 saturated carbocycles. The van der Waals surface area contributed by atoms with Crippen LogP contribution in [0.5, 0.6) is 0 Å². The van der Waals surface area contributed by atoms with Gasteiger partial charge in [-0.3, -0.25) is 0 Å². The van der Waals surface area contributed by atoms with Crippen LogP contribution in [-0.4, -0.2) is 5.75 Å². The van der Waals surface area contributed by atoms with Crippen LogP contribution < -0.4 is 0 Å². The van der Waals surface area contributed by atoms with Crippen molar-refractivity contribution in [2.45, 2.75) is 25.2 Å². The normalized spacial score (nSPS) is 11.1.